The van der Waals surface area contributed by atoms with Gasteiger partial charge in [-0.15, -0.1) is 0 Å². The first-order valence-corrected chi connectivity index (χ1v) is 4.99. The number of hydrogen-bond acceptors (Lipinski definition) is 4. The van der Waals surface area contributed by atoms with E-state index in [1.807, 2.05) is 24.3 Å². The summed E-state index contributed by atoms with van der Waals surface area (Å²) >= 11 is 0. The third kappa shape index (κ3) is 2.13. The highest BCUT2D eigenvalue weighted by atomic mass is 16.5. The summed E-state index contributed by atoms with van der Waals surface area (Å²) in [5.41, 5.74) is 0.856. The van der Waals surface area contributed by atoms with E-state index in [-0.39, 0.29) is 11.9 Å². The van der Waals surface area contributed by atoms with E-state index in [1.165, 1.54) is 0 Å². The largest absolute Gasteiger partial charge is 0.497 e. The van der Waals surface area contributed by atoms with Crippen molar-refractivity contribution in [2.75, 3.05) is 12.4 Å². The van der Waals surface area contributed by atoms with Crippen molar-refractivity contribution >= 4 is 17.6 Å². The fourth-order valence-electron chi connectivity index (χ4n) is 1.38. The van der Waals surface area contributed by atoms with Crippen LogP contribution in [0.15, 0.2) is 29.3 Å². The molecule has 16 heavy (non-hydrogen) atoms. The number of carbonyl (C=O) groups is 1. The maximum absolute atomic E-state index is 11.2. The lowest BCUT2D eigenvalue weighted by atomic mass is 10.3. The van der Waals surface area contributed by atoms with Crippen LogP contribution in [0.5, 0.6) is 5.75 Å². The molecule has 0 radical (unpaired) electrons. The van der Waals surface area contributed by atoms with Crippen LogP contribution in [0.3, 0.4) is 0 Å². The number of nitrogens with one attached hydrogen (secondary N) is 2. The second-order valence-corrected chi connectivity index (χ2v) is 3.50. The van der Waals surface area contributed by atoms with E-state index in [2.05, 4.69) is 15.6 Å². The molecule has 5 heteroatoms. The van der Waals surface area contributed by atoms with Crippen LogP contribution in [0, 0.1) is 0 Å². The Bertz CT molecular complexity index is 425. The number of rotatable bonds is 2. The molecule has 84 valence electrons. The highest BCUT2D eigenvalue weighted by Gasteiger charge is 2.21. The molecule has 0 saturated heterocycles. The van der Waals surface area contributed by atoms with E-state index in [4.69, 9.17) is 4.74 Å². The Labute approximate surface area is 93.5 Å². The Balaban J connectivity index is 2.04. The van der Waals surface area contributed by atoms with Gasteiger partial charge in [0.05, 0.1) is 7.11 Å². The number of carbonyl (C=O) groups excluding carboxylic acids is 1. The van der Waals surface area contributed by atoms with Crippen molar-refractivity contribution in [2.45, 2.75) is 13.0 Å². The van der Waals surface area contributed by atoms with Crippen LogP contribution in [0.25, 0.3) is 0 Å². The lowest BCUT2D eigenvalue weighted by Crippen LogP contribution is -2.31. The quantitative estimate of drug-likeness (QED) is 0.779. The van der Waals surface area contributed by atoms with Gasteiger partial charge in [0.25, 0.3) is 5.91 Å². The number of amides is 1. The van der Waals surface area contributed by atoms with Gasteiger partial charge >= 0.3 is 0 Å². The van der Waals surface area contributed by atoms with Gasteiger partial charge in [0.2, 0.25) is 5.96 Å². The molecule has 1 unspecified atom stereocenters. The van der Waals surface area contributed by atoms with E-state index in [0.717, 1.165) is 11.4 Å². The van der Waals surface area contributed by atoms with E-state index >= 15 is 0 Å². The normalized spacial score (nSPS) is 19.0. The van der Waals surface area contributed by atoms with Crippen LogP contribution in [0.4, 0.5) is 5.69 Å². The van der Waals surface area contributed by atoms with Crippen molar-refractivity contribution in [1.82, 2.24) is 5.32 Å². The molecule has 1 amide bonds. The minimum absolute atomic E-state index is 0.0870. The smallest absolute Gasteiger partial charge is 0.251 e. The summed E-state index contributed by atoms with van der Waals surface area (Å²) in [6, 6.07) is 7.07. The molecule has 1 heterocycles. The molecule has 1 aliphatic heterocycles. The Hall–Kier alpha value is -2.04. The average molecular weight is 219 g/mol. The third-order valence-corrected chi connectivity index (χ3v) is 2.30. The van der Waals surface area contributed by atoms with Crippen molar-refractivity contribution in [1.29, 1.82) is 0 Å². The Morgan fingerprint density at radius 1 is 1.38 bits per heavy atom. The molecule has 5 nitrogen and oxygen atoms in total. The van der Waals surface area contributed by atoms with E-state index in [1.54, 1.807) is 14.0 Å². The minimum Gasteiger partial charge on any atom is -0.497 e. The molecule has 2 rings (SSSR count). The molecule has 2 N–H and O–H groups in total. The monoisotopic (exact) mass is 219 g/mol. The van der Waals surface area contributed by atoms with Crippen LogP contribution in [0.1, 0.15) is 6.92 Å². The van der Waals surface area contributed by atoms with E-state index in [0.29, 0.717) is 5.96 Å². The van der Waals surface area contributed by atoms with E-state index in [9.17, 15) is 4.79 Å². The molecule has 1 aromatic rings. The molecular weight excluding hydrogens is 206 g/mol. The van der Waals surface area contributed by atoms with Gasteiger partial charge < -0.3 is 10.1 Å². The highest BCUT2D eigenvalue weighted by Crippen LogP contribution is 2.15. The fraction of sp³-hybridized carbons (Fsp3) is 0.273. The topological polar surface area (TPSA) is 62.7 Å². The molecule has 1 aliphatic rings. The van der Waals surface area contributed by atoms with E-state index < -0.39 is 0 Å². The Kier molecular flexibility index (Phi) is 2.76. The average Bonchev–Trinajstić information content (AvgIpc) is 2.59. The van der Waals surface area contributed by atoms with Gasteiger partial charge in [-0.3, -0.25) is 10.1 Å². The minimum atomic E-state index is -0.319. The molecule has 0 aromatic heterocycles. The van der Waals surface area contributed by atoms with Crippen LogP contribution in [0.2, 0.25) is 0 Å². The highest BCUT2D eigenvalue weighted by molar-refractivity contribution is 6.10. The Morgan fingerprint density at radius 3 is 2.56 bits per heavy atom. The standard InChI is InChI=1S/C11H13N3O2/c1-7-10(15)14-11(12-7)13-8-3-5-9(16-2)6-4-8/h3-7H,1-2H3,(H2,12,13,14,15). The maximum atomic E-state index is 11.2. The van der Waals surface area contributed by atoms with Crippen molar-refractivity contribution in [3.05, 3.63) is 24.3 Å². The molecule has 0 spiro atoms. The molecule has 0 bridgehead atoms. The summed E-state index contributed by atoms with van der Waals surface area (Å²) in [6.45, 7) is 1.75. The van der Waals surface area contributed by atoms with Gasteiger partial charge in [-0.1, -0.05) is 0 Å². The van der Waals surface area contributed by atoms with Crippen LogP contribution in [-0.4, -0.2) is 25.0 Å². The first kappa shape index (κ1) is 10.5. The zero-order chi connectivity index (χ0) is 11.5. The van der Waals surface area contributed by atoms with Gasteiger partial charge in [0.15, 0.2) is 0 Å². The molecule has 0 fully saturated rings. The third-order valence-electron chi connectivity index (χ3n) is 2.30. The first-order chi connectivity index (χ1) is 7.69. The molecule has 1 atom stereocenters. The summed E-state index contributed by atoms with van der Waals surface area (Å²) in [7, 11) is 1.62. The summed E-state index contributed by atoms with van der Waals surface area (Å²) in [5, 5.41) is 5.66. The number of methoxy groups -OCH3 is 1. The van der Waals surface area contributed by atoms with Gasteiger partial charge in [-0.05, 0) is 31.2 Å². The van der Waals surface area contributed by atoms with Crippen molar-refractivity contribution in [3.8, 4) is 5.75 Å². The maximum Gasteiger partial charge on any atom is 0.251 e. The van der Waals surface area contributed by atoms with Crippen molar-refractivity contribution in [3.63, 3.8) is 0 Å². The summed E-state index contributed by atoms with van der Waals surface area (Å²) in [4.78, 5) is 15.3. The molecule has 0 saturated carbocycles. The zero-order valence-electron chi connectivity index (χ0n) is 9.15. The molecule has 0 aliphatic carbocycles. The van der Waals surface area contributed by atoms with Gasteiger partial charge in [0.1, 0.15) is 11.8 Å². The molecular formula is C11H13N3O2. The first-order valence-electron chi connectivity index (χ1n) is 4.99. The van der Waals surface area contributed by atoms with Crippen molar-refractivity contribution < 1.29 is 9.53 Å². The van der Waals surface area contributed by atoms with Crippen LogP contribution >= 0.6 is 0 Å². The predicted molar refractivity (Wildman–Crippen MR) is 61.7 cm³/mol. The number of benzene rings is 1. The predicted octanol–water partition coefficient (Wildman–Crippen LogP) is 0.981. The number of guanidine groups is 1. The van der Waals surface area contributed by atoms with Gasteiger partial charge in [0, 0.05) is 5.69 Å². The summed E-state index contributed by atoms with van der Waals surface area (Å²) in [6.07, 6.45) is 0. The van der Waals surface area contributed by atoms with Crippen LogP contribution in [-0.2, 0) is 4.79 Å². The van der Waals surface area contributed by atoms with Gasteiger partial charge in [-0.2, -0.15) is 0 Å². The SMILES string of the molecule is COc1ccc(NC2=NC(C)C(=O)N2)cc1. The lowest BCUT2D eigenvalue weighted by molar-refractivity contribution is -0.119. The van der Waals surface area contributed by atoms with Crippen LogP contribution < -0.4 is 15.4 Å². The summed E-state index contributed by atoms with van der Waals surface area (Å²) < 4.78 is 5.05. The zero-order valence-corrected chi connectivity index (χ0v) is 9.15. The number of anilines is 1. The lowest BCUT2D eigenvalue weighted by Gasteiger charge is -2.06. The second-order valence-electron chi connectivity index (χ2n) is 3.50. The Morgan fingerprint density at radius 2 is 2.06 bits per heavy atom. The van der Waals surface area contributed by atoms with Crippen molar-refractivity contribution in [2.24, 2.45) is 4.99 Å². The number of ether oxygens (including phenoxy) is 1. The number of nitrogens with zero attached hydrogens (tertiary/aromatic N) is 1. The number of hydrogen-bond donors (Lipinski definition) is 2. The molecule has 1 aromatic carbocycles. The second kappa shape index (κ2) is 4.22. The summed E-state index contributed by atoms with van der Waals surface area (Å²) in [5.74, 6) is 1.19. The van der Waals surface area contributed by atoms with Gasteiger partial charge in [-0.25, -0.2) is 4.99 Å². The fourth-order valence-corrected chi connectivity index (χ4v) is 1.38. The number of aliphatic imine (C=N–C) groups is 1.